The number of rotatable bonds is 10. The minimum Gasteiger partial charge on any atom is -0.507 e. The molecule has 16 heteroatoms. The molecule has 0 amide bonds. The molecule has 4 heterocycles. The van der Waals surface area contributed by atoms with Crippen molar-refractivity contribution in [1.82, 2.24) is 10.6 Å². The fourth-order valence-corrected chi connectivity index (χ4v) is 16.6. The maximum absolute atomic E-state index is 13.6. The Morgan fingerprint density at radius 3 is 1.31 bits per heavy atom. The van der Waals surface area contributed by atoms with Gasteiger partial charge in [0, 0.05) is 71.1 Å². The molecular weight excluding hydrogens is 1060 g/mol. The van der Waals surface area contributed by atoms with E-state index in [2.05, 4.69) is 80.6 Å². The number of methoxy groups -OCH3 is 2. The molecule has 0 unspecified atom stereocenters. The maximum Gasteiger partial charge on any atom is 0.143 e. The van der Waals surface area contributed by atoms with E-state index in [4.69, 9.17) is 18.9 Å². The number of halogens is 2. The van der Waals surface area contributed by atoms with Crippen LogP contribution < -0.4 is 29.6 Å². The Hall–Kier alpha value is -3.48. The maximum atomic E-state index is 13.6. The van der Waals surface area contributed by atoms with Crippen LogP contribution in [0.2, 0.25) is 0 Å². The molecule has 4 aromatic rings. The molecule has 0 bridgehead atoms. The summed E-state index contributed by atoms with van der Waals surface area (Å²) in [6.45, 7) is 13.0. The van der Waals surface area contributed by atoms with E-state index in [1.165, 1.54) is 0 Å². The third-order valence-electron chi connectivity index (χ3n) is 17.4. The molecule has 70 heavy (non-hydrogen) atoms. The number of nitrogens with one attached hydrogen (secondary N) is 2. The van der Waals surface area contributed by atoms with Crippen molar-refractivity contribution >= 4 is 67.0 Å². The lowest BCUT2D eigenvalue weighted by atomic mass is 9.49. The van der Waals surface area contributed by atoms with Gasteiger partial charge in [0.15, 0.2) is 0 Å². The van der Waals surface area contributed by atoms with E-state index in [0.29, 0.717) is 59.2 Å². The van der Waals surface area contributed by atoms with Gasteiger partial charge in [-0.25, -0.2) is 0 Å². The Labute approximate surface area is 436 Å². The first kappa shape index (κ1) is 51.4. The molecule has 4 aliphatic heterocycles. The third kappa shape index (κ3) is 7.65. The van der Waals surface area contributed by atoms with Crippen LogP contribution in [-0.4, -0.2) is 93.2 Å². The van der Waals surface area contributed by atoms with Gasteiger partial charge >= 0.3 is 0 Å². The second kappa shape index (κ2) is 18.8. The lowest BCUT2D eigenvalue weighted by Crippen LogP contribution is -2.69. The van der Waals surface area contributed by atoms with E-state index < -0.39 is 32.9 Å². The Morgan fingerprint density at radius 2 is 0.986 bits per heavy atom. The van der Waals surface area contributed by atoms with Gasteiger partial charge in [0.1, 0.15) is 66.2 Å². The van der Waals surface area contributed by atoms with E-state index in [1.807, 2.05) is 52.0 Å². The second-order valence-corrected chi connectivity index (χ2v) is 25.1. The molecule has 6 N–H and O–H groups in total. The van der Waals surface area contributed by atoms with Crippen LogP contribution in [0.5, 0.6) is 34.5 Å². The first-order chi connectivity index (χ1) is 33.2. The molecule has 12 nitrogen and oxygen atoms in total. The van der Waals surface area contributed by atoms with Crippen LogP contribution >= 0.6 is 55.4 Å². The SMILES string of the molecule is COc1ccc(CS[C@@H]2CC(=O)C(C)(C)[C@@]3(C)Oc4c(Br)c(O)cc5c4[C@@]23C[C@@H](CO)NC5)cc1.COc1ccc(CS[C@@H]2CC(=O)C(C)(C)[C@@]3(C)Oc4c(Br)c(O)cc5c4[C@@]23C[C@@H](CO)NC5)cc1. The van der Waals surface area contributed by atoms with Crippen LogP contribution in [0, 0.1) is 10.8 Å². The summed E-state index contributed by atoms with van der Waals surface area (Å²) >= 11 is 10.7. The minimum absolute atomic E-state index is 0.0153. The first-order valence-corrected chi connectivity index (χ1v) is 27.6. The van der Waals surface area contributed by atoms with Crippen molar-refractivity contribution in [2.24, 2.45) is 10.8 Å². The number of hydrogen-bond acceptors (Lipinski definition) is 14. The molecule has 0 radical (unpaired) electrons. The fraction of sp³-hybridized carbons (Fsp3) is 0.519. The van der Waals surface area contributed by atoms with Crippen LogP contribution in [0.3, 0.4) is 0 Å². The molecule has 10 rings (SSSR count). The number of carbonyl (C=O) groups is 2. The Kier molecular flexibility index (Phi) is 13.8. The summed E-state index contributed by atoms with van der Waals surface area (Å²) in [5, 5.41) is 48.8. The zero-order chi connectivity index (χ0) is 50.3. The number of phenols is 2. The van der Waals surface area contributed by atoms with Crippen molar-refractivity contribution < 1.29 is 49.0 Å². The molecular formula is C54H64Br2N2O10S2. The summed E-state index contributed by atoms with van der Waals surface area (Å²) < 4.78 is 25.3. The van der Waals surface area contributed by atoms with Crippen molar-refractivity contribution in [3.8, 4) is 34.5 Å². The Balaban J connectivity index is 0.000000174. The quantitative estimate of drug-likeness (QED) is 0.0886. The summed E-state index contributed by atoms with van der Waals surface area (Å²) in [5.41, 5.74) is 2.01. The number of benzene rings is 4. The molecule has 2 aliphatic carbocycles. The first-order valence-electron chi connectivity index (χ1n) is 23.9. The number of ether oxygens (including phenoxy) is 4. The number of carbonyl (C=O) groups excluding carboxylic acids is 2. The van der Waals surface area contributed by atoms with E-state index in [9.17, 15) is 30.0 Å². The van der Waals surface area contributed by atoms with Gasteiger partial charge in [-0.1, -0.05) is 24.3 Å². The highest BCUT2D eigenvalue weighted by molar-refractivity contribution is 9.11. The van der Waals surface area contributed by atoms with Gasteiger partial charge in [-0.3, -0.25) is 9.59 Å². The number of thioether (sulfide) groups is 2. The molecule has 376 valence electrons. The zero-order valence-electron chi connectivity index (χ0n) is 41.0. The van der Waals surface area contributed by atoms with E-state index in [0.717, 1.165) is 56.4 Å². The lowest BCUT2D eigenvalue weighted by Gasteiger charge is -2.58. The minimum atomic E-state index is -0.861. The van der Waals surface area contributed by atoms with Crippen molar-refractivity contribution in [1.29, 1.82) is 0 Å². The van der Waals surface area contributed by atoms with Crippen molar-refractivity contribution in [3.05, 3.63) is 103 Å². The van der Waals surface area contributed by atoms with Crippen molar-refractivity contribution in [2.75, 3.05) is 27.4 Å². The average molecular weight is 1130 g/mol. The van der Waals surface area contributed by atoms with Gasteiger partial charge in [-0.05, 0) is 145 Å². The zero-order valence-corrected chi connectivity index (χ0v) is 45.8. The van der Waals surface area contributed by atoms with E-state index in [1.54, 1.807) is 49.9 Å². The number of Topliss-reactive ketones (excluding diaryl/α,β-unsaturated/α-hetero) is 2. The number of aliphatic hydroxyl groups is 2. The normalized spacial score (nSPS) is 30.7. The van der Waals surface area contributed by atoms with Crippen molar-refractivity contribution in [3.63, 3.8) is 0 Å². The number of aromatic hydroxyl groups is 2. The summed E-state index contributed by atoms with van der Waals surface area (Å²) in [5.74, 6) is 4.93. The van der Waals surface area contributed by atoms with Crippen LogP contribution in [0.1, 0.15) is 101 Å². The molecule has 2 saturated carbocycles. The Morgan fingerprint density at radius 1 is 0.629 bits per heavy atom. The van der Waals surface area contributed by atoms with Crippen LogP contribution in [0.4, 0.5) is 0 Å². The molecule has 2 fully saturated rings. The molecule has 2 spiro atoms. The standard InChI is InChI=1S/2C27H32BrNO5S/c2*1-25(2)20(32)10-21(35-14-15-5-7-18(33-4)8-6-15)27-11-17(13-30)29-12-16-9-19(31)23(28)24(22(16)27)34-26(25,27)3/h2*5-9,17,21,29-31H,10-14H2,1-4H3/t2*17-,21+,26+,27+/m00/s1. The molecule has 4 aromatic carbocycles. The van der Waals surface area contributed by atoms with Crippen LogP contribution in [-0.2, 0) is 45.0 Å². The topological polar surface area (TPSA) is 176 Å². The van der Waals surface area contributed by atoms with Gasteiger partial charge in [0.05, 0.1) is 49.1 Å². The Bertz CT molecular complexity index is 2520. The number of phenolic OH excluding ortho intramolecular Hbond substituents is 2. The monoisotopic (exact) mass is 1120 g/mol. The van der Waals surface area contributed by atoms with Crippen LogP contribution in [0.25, 0.3) is 0 Å². The predicted octanol–water partition coefficient (Wildman–Crippen LogP) is 9.41. The third-order valence-corrected chi connectivity index (χ3v) is 21.8. The second-order valence-electron chi connectivity index (χ2n) is 21.1. The highest BCUT2D eigenvalue weighted by Crippen LogP contribution is 2.70. The highest BCUT2D eigenvalue weighted by atomic mass is 79.9. The summed E-state index contributed by atoms with van der Waals surface area (Å²) in [6, 6.07) is 19.3. The largest absolute Gasteiger partial charge is 0.507 e. The van der Waals surface area contributed by atoms with Gasteiger partial charge < -0.3 is 50.0 Å². The van der Waals surface area contributed by atoms with Gasteiger partial charge in [0.25, 0.3) is 0 Å². The summed E-state index contributed by atoms with van der Waals surface area (Å²) in [7, 11) is 3.31. The smallest absolute Gasteiger partial charge is 0.143 e. The highest BCUT2D eigenvalue weighted by Gasteiger charge is 2.74. The molecule has 0 aromatic heterocycles. The average Bonchev–Trinajstić information content (AvgIpc) is 3.63. The van der Waals surface area contributed by atoms with Gasteiger partial charge in [0.2, 0.25) is 0 Å². The fourth-order valence-electron chi connectivity index (χ4n) is 12.7. The molecule has 6 aliphatic rings. The molecule has 8 atom stereocenters. The van der Waals surface area contributed by atoms with E-state index in [-0.39, 0.29) is 58.9 Å². The molecule has 0 saturated heterocycles. The lowest BCUT2D eigenvalue weighted by molar-refractivity contribution is -0.154. The van der Waals surface area contributed by atoms with Crippen molar-refractivity contribution in [2.45, 2.75) is 136 Å². The number of hydrogen-bond donors (Lipinski definition) is 6. The number of ketones is 2. The van der Waals surface area contributed by atoms with E-state index >= 15 is 0 Å². The predicted molar refractivity (Wildman–Crippen MR) is 281 cm³/mol. The summed E-state index contributed by atoms with van der Waals surface area (Å²) in [4.78, 5) is 27.3. The summed E-state index contributed by atoms with van der Waals surface area (Å²) in [6.07, 6.45) is 2.10. The van der Waals surface area contributed by atoms with Crippen LogP contribution in [0.15, 0.2) is 69.6 Å². The van der Waals surface area contributed by atoms with Gasteiger partial charge in [-0.2, -0.15) is 23.5 Å². The van der Waals surface area contributed by atoms with Gasteiger partial charge in [-0.15, -0.1) is 0 Å². The number of aliphatic hydroxyl groups excluding tert-OH is 2.